The maximum absolute atomic E-state index is 12.9. The van der Waals surface area contributed by atoms with Gasteiger partial charge in [0.1, 0.15) is 9.77 Å². The first-order valence-electron chi connectivity index (χ1n) is 7.91. The number of para-hydroxylation sites is 1. The van der Waals surface area contributed by atoms with Crippen LogP contribution >= 0.6 is 11.3 Å². The number of hydrogen-bond donors (Lipinski definition) is 0. The molecule has 0 unspecified atom stereocenters. The van der Waals surface area contributed by atoms with E-state index in [0.29, 0.717) is 26.2 Å². The lowest BCUT2D eigenvalue weighted by atomic mass is 10.1. The summed E-state index contributed by atoms with van der Waals surface area (Å²) >= 11 is 1.08. The molecular weight excluding hydrogens is 360 g/mol. The van der Waals surface area contributed by atoms with Crippen LogP contribution in [0, 0.1) is 6.92 Å². The van der Waals surface area contributed by atoms with E-state index in [4.69, 9.17) is 0 Å². The third kappa shape index (κ3) is 3.42. The SMILES string of the molecule is COC(=O)c1sccc1S(=O)(=O)N1CCN(c2ccccc2C)CC1. The predicted molar refractivity (Wildman–Crippen MR) is 97.8 cm³/mol. The van der Waals surface area contributed by atoms with Crippen molar-refractivity contribution in [2.75, 3.05) is 38.2 Å². The molecule has 25 heavy (non-hydrogen) atoms. The summed E-state index contributed by atoms with van der Waals surface area (Å²) in [6.07, 6.45) is 0. The molecular formula is C17H20N2O4S2. The van der Waals surface area contributed by atoms with E-state index in [-0.39, 0.29) is 9.77 Å². The van der Waals surface area contributed by atoms with E-state index in [1.54, 1.807) is 5.38 Å². The van der Waals surface area contributed by atoms with Gasteiger partial charge >= 0.3 is 5.97 Å². The summed E-state index contributed by atoms with van der Waals surface area (Å²) in [5, 5.41) is 1.60. The van der Waals surface area contributed by atoms with Crippen LogP contribution in [-0.4, -0.2) is 52.0 Å². The van der Waals surface area contributed by atoms with Crippen molar-refractivity contribution >= 4 is 33.0 Å². The van der Waals surface area contributed by atoms with Crippen LogP contribution in [0.1, 0.15) is 15.2 Å². The average Bonchev–Trinajstić information content (AvgIpc) is 3.12. The van der Waals surface area contributed by atoms with Gasteiger partial charge in [0.15, 0.2) is 0 Å². The average molecular weight is 380 g/mol. The van der Waals surface area contributed by atoms with Gasteiger partial charge in [-0.1, -0.05) is 18.2 Å². The van der Waals surface area contributed by atoms with E-state index in [2.05, 4.69) is 9.64 Å². The van der Waals surface area contributed by atoms with Gasteiger partial charge in [0.05, 0.1) is 7.11 Å². The molecule has 0 amide bonds. The summed E-state index contributed by atoms with van der Waals surface area (Å²) in [5.41, 5.74) is 2.30. The number of nitrogens with zero attached hydrogens (tertiary/aromatic N) is 2. The van der Waals surface area contributed by atoms with Crippen LogP contribution in [0.5, 0.6) is 0 Å². The lowest BCUT2D eigenvalue weighted by Crippen LogP contribution is -2.49. The van der Waals surface area contributed by atoms with Crippen molar-refractivity contribution in [1.29, 1.82) is 0 Å². The highest BCUT2D eigenvalue weighted by molar-refractivity contribution is 7.89. The fraction of sp³-hybridized carbons (Fsp3) is 0.353. The minimum atomic E-state index is -3.70. The molecule has 1 aliphatic rings. The van der Waals surface area contributed by atoms with Crippen molar-refractivity contribution in [3.63, 3.8) is 0 Å². The molecule has 2 heterocycles. The van der Waals surface area contributed by atoms with Crippen LogP contribution in [0.3, 0.4) is 0 Å². The normalized spacial score (nSPS) is 16.0. The lowest BCUT2D eigenvalue weighted by Gasteiger charge is -2.36. The lowest BCUT2D eigenvalue weighted by molar-refractivity contribution is 0.0602. The zero-order valence-electron chi connectivity index (χ0n) is 14.1. The van der Waals surface area contributed by atoms with Gasteiger partial charge in [-0.15, -0.1) is 11.3 Å². The van der Waals surface area contributed by atoms with Crippen LogP contribution in [-0.2, 0) is 14.8 Å². The number of esters is 1. The Morgan fingerprint density at radius 2 is 1.80 bits per heavy atom. The van der Waals surface area contributed by atoms with E-state index < -0.39 is 16.0 Å². The summed E-state index contributed by atoms with van der Waals surface area (Å²) in [6.45, 7) is 4.04. The predicted octanol–water partition coefficient (Wildman–Crippen LogP) is 2.35. The molecule has 0 saturated carbocycles. The fourth-order valence-corrected chi connectivity index (χ4v) is 5.70. The Labute approximate surface area is 151 Å². The molecule has 2 aromatic rings. The number of aryl methyl sites for hydroxylation is 1. The number of sulfonamides is 1. The standard InChI is InChI=1S/C17H20N2O4S2/c1-13-5-3-4-6-14(13)18-8-10-19(11-9-18)25(21,22)15-7-12-24-16(15)17(20)23-2/h3-7,12H,8-11H2,1-2H3. The van der Waals surface area contributed by atoms with Gasteiger partial charge in [-0.3, -0.25) is 0 Å². The Morgan fingerprint density at radius 3 is 2.44 bits per heavy atom. The largest absolute Gasteiger partial charge is 0.465 e. The van der Waals surface area contributed by atoms with Gasteiger partial charge in [0.25, 0.3) is 0 Å². The number of ether oxygens (including phenoxy) is 1. The molecule has 0 N–H and O–H groups in total. The summed E-state index contributed by atoms with van der Waals surface area (Å²) in [7, 11) is -2.45. The summed E-state index contributed by atoms with van der Waals surface area (Å²) in [6, 6.07) is 9.55. The fourth-order valence-electron chi connectivity index (χ4n) is 2.97. The molecule has 6 nitrogen and oxygen atoms in total. The third-order valence-corrected chi connectivity index (χ3v) is 7.28. The number of thiophene rings is 1. The smallest absolute Gasteiger partial charge is 0.349 e. The first-order chi connectivity index (χ1) is 11.9. The quantitative estimate of drug-likeness (QED) is 0.762. The first-order valence-corrected chi connectivity index (χ1v) is 10.2. The molecule has 0 aliphatic carbocycles. The minimum absolute atomic E-state index is 0.0358. The molecule has 0 atom stereocenters. The zero-order valence-corrected chi connectivity index (χ0v) is 15.8. The van der Waals surface area contributed by atoms with Gasteiger partial charge in [0, 0.05) is 31.9 Å². The number of anilines is 1. The molecule has 1 aromatic carbocycles. The molecule has 1 aliphatic heterocycles. The highest BCUT2D eigenvalue weighted by atomic mass is 32.2. The molecule has 0 spiro atoms. The number of piperazine rings is 1. The Morgan fingerprint density at radius 1 is 1.12 bits per heavy atom. The van der Waals surface area contributed by atoms with Crippen molar-refractivity contribution in [3.05, 3.63) is 46.2 Å². The topological polar surface area (TPSA) is 66.9 Å². The van der Waals surface area contributed by atoms with Crippen LogP contribution < -0.4 is 4.90 Å². The van der Waals surface area contributed by atoms with Gasteiger partial charge in [-0.05, 0) is 30.0 Å². The highest BCUT2D eigenvalue weighted by Crippen LogP contribution is 2.28. The first kappa shape index (κ1) is 17.9. The van der Waals surface area contributed by atoms with Crippen LogP contribution in [0.25, 0.3) is 0 Å². The monoisotopic (exact) mass is 380 g/mol. The van der Waals surface area contributed by atoms with Crippen molar-refractivity contribution < 1.29 is 17.9 Å². The maximum atomic E-state index is 12.9. The molecule has 0 radical (unpaired) electrons. The summed E-state index contributed by atoms with van der Waals surface area (Å²) in [5.74, 6) is -0.618. The van der Waals surface area contributed by atoms with Gasteiger partial charge in [0.2, 0.25) is 10.0 Å². The second kappa shape index (κ2) is 7.15. The number of methoxy groups -OCH3 is 1. The second-order valence-electron chi connectivity index (χ2n) is 5.78. The Hall–Kier alpha value is -1.90. The van der Waals surface area contributed by atoms with E-state index in [1.807, 2.05) is 31.2 Å². The van der Waals surface area contributed by atoms with E-state index in [9.17, 15) is 13.2 Å². The Kier molecular flexibility index (Phi) is 5.12. The minimum Gasteiger partial charge on any atom is -0.465 e. The van der Waals surface area contributed by atoms with Crippen LogP contribution in [0.15, 0.2) is 40.6 Å². The van der Waals surface area contributed by atoms with E-state index in [1.165, 1.54) is 23.0 Å². The third-order valence-electron chi connectivity index (χ3n) is 4.31. The second-order valence-corrected chi connectivity index (χ2v) is 8.61. The van der Waals surface area contributed by atoms with E-state index >= 15 is 0 Å². The van der Waals surface area contributed by atoms with Crippen LogP contribution in [0.4, 0.5) is 5.69 Å². The molecule has 134 valence electrons. The number of benzene rings is 1. The van der Waals surface area contributed by atoms with Crippen molar-refractivity contribution in [2.24, 2.45) is 0 Å². The van der Waals surface area contributed by atoms with Crippen molar-refractivity contribution in [2.45, 2.75) is 11.8 Å². The van der Waals surface area contributed by atoms with E-state index in [0.717, 1.165) is 17.0 Å². The Balaban J connectivity index is 1.78. The van der Waals surface area contributed by atoms with Gasteiger partial charge < -0.3 is 9.64 Å². The van der Waals surface area contributed by atoms with Gasteiger partial charge in [-0.25, -0.2) is 13.2 Å². The molecule has 3 rings (SSSR count). The molecule has 1 saturated heterocycles. The van der Waals surface area contributed by atoms with Crippen molar-refractivity contribution in [1.82, 2.24) is 4.31 Å². The summed E-state index contributed by atoms with van der Waals surface area (Å²) < 4.78 is 31.9. The maximum Gasteiger partial charge on any atom is 0.349 e. The molecule has 1 fully saturated rings. The number of hydrogen-bond acceptors (Lipinski definition) is 6. The van der Waals surface area contributed by atoms with Gasteiger partial charge in [-0.2, -0.15) is 4.31 Å². The number of carbonyl (C=O) groups excluding carboxylic acids is 1. The number of rotatable bonds is 4. The molecule has 8 heteroatoms. The summed E-state index contributed by atoms with van der Waals surface area (Å²) in [4.78, 5) is 14.2. The van der Waals surface area contributed by atoms with Crippen molar-refractivity contribution in [3.8, 4) is 0 Å². The molecule has 1 aromatic heterocycles. The molecule has 0 bridgehead atoms. The van der Waals surface area contributed by atoms with Crippen LogP contribution in [0.2, 0.25) is 0 Å². The zero-order chi connectivity index (χ0) is 18.0. The highest BCUT2D eigenvalue weighted by Gasteiger charge is 2.33. The number of carbonyl (C=O) groups is 1. The Bertz CT molecular complexity index is 868.